The summed E-state index contributed by atoms with van der Waals surface area (Å²) in [6.45, 7) is 6.33. The lowest BCUT2D eigenvalue weighted by Crippen LogP contribution is -2.37. The second-order valence-electron chi connectivity index (χ2n) is 7.27. The van der Waals surface area contributed by atoms with Crippen molar-refractivity contribution >= 4 is 5.91 Å². The molecule has 2 heterocycles. The minimum Gasteiger partial charge on any atom is -0.351 e. The highest BCUT2D eigenvalue weighted by atomic mass is 19.1. The second-order valence-corrected chi connectivity index (χ2v) is 7.27. The fourth-order valence-electron chi connectivity index (χ4n) is 3.44. The lowest BCUT2D eigenvalue weighted by Gasteiger charge is -2.28. The van der Waals surface area contributed by atoms with Gasteiger partial charge in [-0.15, -0.1) is 0 Å². The number of hydrogen-bond donors (Lipinski definition) is 1. The number of nitrogens with zero attached hydrogens (tertiary/aromatic N) is 2. The Kier molecular flexibility index (Phi) is 6.04. The zero-order valence-corrected chi connectivity index (χ0v) is 15.4. The Labute approximate surface area is 153 Å². The Morgan fingerprint density at radius 2 is 2.04 bits per heavy atom. The molecule has 0 saturated carbocycles. The molecular weight excluding hydrogens is 333 g/mol. The minimum absolute atomic E-state index is 0.180. The topological polar surface area (TPSA) is 58.4 Å². The lowest BCUT2D eigenvalue weighted by molar-refractivity contribution is 0.0900. The molecular formula is C20H26FN3O2. The molecule has 1 aromatic heterocycles. The molecule has 1 atom stereocenters. The van der Waals surface area contributed by atoms with E-state index in [-0.39, 0.29) is 23.5 Å². The molecule has 26 heavy (non-hydrogen) atoms. The summed E-state index contributed by atoms with van der Waals surface area (Å²) in [6, 6.07) is 8.28. The van der Waals surface area contributed by atoms with Gasteiger partial charge in [-0.1, -0.05) is 37.2 Å². The third kappa shape index (κ3) is 4.49. The predicted molar refractivity (Wildman–Crippen MR) is 97.3 cm³/mol. The third-order valence-corrected chi connectivity index (χ3v) is 4.70. The number of carbonyl (C=O) groups excluding carboxylic acids is 1. The van der Waals surface area contributed by atoms with Crippen molar-refractivity contribution in [2.45, 2.75) is 39.2 Å². The van der Waals surface area contributed by atoms with Crippen LogP contribution in [0.1, 0.15) is 54.5 Å². The molecule has 1 N–H and O–H groups in total. The molecule has 0 radical (unpaired) electrons. The third-order valence-electron chi connectivity index (χ3n) is 4.70. The van der Waals surface area contributed by atoms with Crippen LogP contribution in [-0.2, 0) is 6.42 Å². The summed E-state index contributed by atoms with van der Waals surface area (Å²) >= 11 is 0. The van der Waals surface area contributed by atoms with Gasteiger partial charge in [0.05, 0.1) is 11.7 Å². The van der Waals surface area contributed by atoms with E-state index in [1.807, 2.05) is 6.07 Å². The van der Waals surface area contributed by atoms with Crippen LogP contribution in [0.4, 0.5) is 4.39 Å². The zero-order valence-electron chi connectivity index (χ0n) is 15.4. The van der Waals surface area contributed by atoms with Gasteiger partial charge in [0.15, 0.2) is 0 Å². The number of likely N-dealkylation sites (tertiary alicyclic amines) is 1. The maximum Gasteiger partial charge on any atom is 0.289 e. The monoisotopic (exact) mass is 359 g/mol. The zero-order chi connectivity index (χ0) is 18.5. The van der Waals surface area contributed by atoms with Crippen LogP contribution in [-0.4, -0.2) is 35.6 Å². The molecule has 0 unspecified atom stereocenters. The molecule has 1 aliphatic heterocycles. The number of benzene rings is 1. The van der Waals surface area contributed by atoms with Crippen LogP contribution in [0.2, 0.25) is 0 Å². The Hall–Kier alpha value is -2.21. The number of rotatable bonds is 7. The van der Waals surface area contributed by atoms with E-state index in [0.29, 0.717) is 18.0 Å². The molecule has 5 nitrogen and oxygen atoms in total. The van der Waals surface area contributed by atoms with E-state index < -0.39 is 0 Å². The number of carbonyl (C=O) groups is 1. The van der Waals surface area contributed by atoms with E-state index in [2.05, 4.69) is 29.2 Å². The summed E-state index contributed by atoms with van der Waals surface area (Å²) in [5.74, 6) is 0.0940. The van der Waals surface area contributed by atoms with Crippen LogP contribution < -0.4 is 5.32 Å². The van der Waals surface area contributed by atoms with Gasteiger partial charge in [0.2, 0.25) is 5.76 Å². The number of nitrogens with one attached hydrogen (secondary N) is 1. The highest BCUT2D eigenvalue weighted by Gasteiger charge is 2.26. The molecule has 140 valence electrons. The first-order valence-electron chi connectivity index (χ1n) is 9.27. The highest BCUT2D eigenvalue weighted by molar-refractivity contribution is 5.91. The smallest absolute Gasteiger partial charge is 0.289 e. The maximum atomic E-state index is 14.3. The average Bonchev–Trinajstić information content (AvgIpc) is 3.28. The summed E-state index contributed by atoms with van der Waals surface area (Å²) in [7, 11) is 0. The van der Waals surface area contributed by atoms with E-state index in [0.717, 1.165) is 38.0 Å². The number of halogens is 1. The molecule has 1 aliphatic rings. The summed E-state index contributed by atoms with van der Waals surface area (Å²) in [4.78, 5) is 14.6. The van der Waals surface area contributed by atoms with Crippen molar-refractivity contribution in [3.8, 4) is 0 Å². The second kappa shape index (κ2) is 8.45. The molecule has 1 aromatic carbocycles. The van der Waals surface area contributed by atoms with Crippen LogP contribution in [0.15, 0.2) is 34.9 Å². The van der Waals surface area contributed by atoms with Crippen LogP contribution in [0.25, 0.3) is 0 Å². The van der Waals surface area contributed by atoms with Crippen molar-refractivity contribution in [1.29, 1.82) is 0 Å². The summed E-state index contributed by atoms with van der Waals surface area (Å²) < 4.78 is 19.5. The lowest BCUT2D eigenvalue weighted by atomic mass is 10.0. The Bertz CT molecular complexity index is 738. The van der Waals surface area contributed by atoms with Crippen molar-refractivity contribution in [3.05, 3.63) is 53.2 Å². The van der Waals surface area contributed by atoms with Gasteiger partial charge in [0.25, 0.3) is 5.91 Å². The van der Waals surface area contributed by atoms with Crippen molar-refractivity contribution < 1.29 is 13.7 Å². The van der Waals surface area contributed by atoms with Gasteiger partial charge in [0, 0.05) is 18.2 Å². The molecule has 0 aliphatic carbocycles. The summed E-state index contributed by atoms with van der Waals surface area (Å²) in [6.07, 6.45) is 2.96. The van der Waals surface area contributed by atoms with Gasteiger partial charge in [-0.2, -0.15) is 0 Å². The fraction of sp³-hybridized carbons (Fsp3) is 0.500. The van der Waals surface area contributed by atoms with Gasteiger partial charge in [-0.3, -0.25) is 9.69 Å². The van der Waals surface area contributed by atoms with Crippen LogP contribution in [0.5, 0.6) is 0 Å². The van der Waals surface area contributed by atoms with E-state index in [9.17, 15) is 9.18 Å². The van der Waals surface area contributed by atoms with Crippen LogP contribution >= 0.6 is 0 Å². The van der Waals surface area contributed by atoms with Gasteiger partial charge in [0.1, 0.15) is 5.82 Å². The van der Waals surface area contributed by atoms with Crippen molar-refractivity contribution in [2.24, 2.45) is 5.92 Å². The molecule has 6 heteroatoms. The molecule has 0 spiro atoms. The molecule has 3 rings (SSSR count). The standard InChI is InChI=1S/C20H26FN3O2/c1-14(2)11-15-12-19(26-23-15)20(25)22-13-18(24-9-5-6-10-24)16-7-3-4-8-17(16)21/h3-4,7-8,12,14,18H,5-6,9-11,13H2,1-2H3,(H,22,25)/t18-/m0/s1. The fourth-order valence-corrected chi connectivity index (χ4v) is 3.44. The first kappa shape index (κ1) is 18.6. The normalized spacial score (nSPS) is 16.2. The number of hydrogen-bond acceptors (Lipinski definition) is 4. The first-order chi connectivity index (χ1) is 12.5. The van der Waals surface area contributed by atoms with Crippen LogP contribution in [0.3, 0.4) is 0 Å². The van der Waals surface area contributed by atoms with Crippen LogP contribution in [0, 0.1) is 11.7 Å². The van der Waals surface area contributed by atoms with E-state index in [4.69, 9.17) is 4.52 Å². The minimum atomic E-state index is -0.312. The van der Waals surface area contributed by atoms with Crippen molar-refractivity contribution in [3.63, 3.8) is 0 Å². The molecule has 0 bridgehead atoms. The van der Waals surface area contributed by atoms with Gasteiger partial charge in [-0.25, -0.2) is 4.39 Å². The summed E-state index contributed by atoms with van der Waals surface area (Å²) in [5, 5.41) is 6.84. The molecule has 2 aromatic rings. The molecule has 1 fully saturated rings. The SMILES string of the molecule is CC(C)Cc1cc(C(=O)NC[C@@H](c2ccccc2F)N2CCCC2)on1. The largest absolute Gasteiger partial charge is 0.351 e. The van der Waals surface area contributed by atoms with E-state index in [1.54, 1.807) is 18.2 Å². The average molecular weight is 359 g/mol. The van der Waals surface area contributed by atoms with E-state index >= 15 is 0 Å². The van der Waals surface area contributed by atoms with Crippen molar-refractivity contribution in [2.75, 3.05) is 19.6 Å². The summed E-state index contributed by atoms with van der Waals surface area (Å²) in [5.41, 5.74) is 1.39. The van der Waals surface area contributed by atoms with Gasteiger partial charge < -0.3 is 9.84 Å². The maximum absolute atomic E-state index is 14.3. The Morgan fingerprint density at radius 3 is 2.73 bits per heavy atom. The van der Waals surface area contributed by atoms with Gasteiger partial charge in [-0.05, 0) is 44.3 Å². The predicted octanol–water partition coefficient (Wildman–Crippen LogP) is 3.58. The van der Waals surface area contributed by atoms with E-state index in [1.165, 1.54) is 6.07 Å². The van der Waals surface area contributed by atoms with Gasteiger partial charge >= 0.3 is 0 Å². The Balaban J connectivity index is 1.68. The molecule has 1 saturated heterocycles. The van der Waals surface area contributed by atoms with Crippen molar-refractivity contribution in [1.82, 2.24) is 15.4 Å². The Morgan fingerprint density at radius 1 is 1.31 bits per heavy atom. The molecule has 1 amide bonds. The quantitative estimate of drug-likeness (QED) is 0.821. The highest BCUT2D eigenvalue weighted by Crippen LogP contribution is 2.26. The number of aromatic nitrogens is 1. The number of amides is 1. The first-order valence-corrected chi connectivity index (χ1v) is 9.27.